The molecule has 4 rings (SSSR count). The maximum Gasteiger partial charge on any atom is 0.343 e. The molecule has 0 saturated heterocycles. The summed E-state index contributed by atoms with van der Waals surface area (Å²) in [4.78, 5) is 11.1. The summed E-state index contributed by atoms with van der Waals surface area (Å²) >= 11 is 0. The summed E-state index contributed by atoms with van der Waals surface area (Å²) in [7, 11) is 0. The zero-order valence-electron chi connectivity index (χ0n) is 6.08. The molecule has 0 radical (unpaired) electrons. The van der Waals surface area contributed by atoms with Crippen molar-refractivity contribution in [3.05, 3.63) is 16.8 Å². The van der Waals surface area contributed by atoms with Gasteiger partial charge < -0.3 is 0 Å². The molecule has 0 amide bonds. The maximum atomic E-state index is 11.1. The summed E-state index contributed by atoms with van der Waals surface area (Å²) in [6.45, 7) is 0. The van der Waals surface area contributed by atoms with Crippen LogP contribution in [0.3, 0.4) is 0 Å². The zero-order chi connectivity index (χ0) is 7.47. The number of hydrogen-bond donors (Lipinski definition) is 1. The Hall–Kier alpha value is -1.06. The number of hydrogen-bond acceptors (Lipinski definition) is 2. The molecule has 58 valence electrons. The second-order valence-electron chi connectivity index (χ2n) is 3.73. The topological polar surface area (TPSA) is 50.7 Å². The van der Waals surface area contributed by atoms with E-state index in [4.69, 9.17) is 0 Å². The van der Waals surface area contributed by atoms with E-state index in [0.717, 1.165) is 5.92 Å². The molecule has 0 atom stereocenters. The summed E-state index contributed by atoms with van der Waals surface area (Å²) < 4.78 is 1.76. The van der Waals surface area contributed by atoms with Gasteiger partial charge >= 0.3 is 5.69 Å². The fraction of sp³-hybridized carbons (Fsp3) is 0.714. The first kappa shape index (κ1) is 5.57. The summed E-state index contributed by atoms with van der Waals surface area (Å²) in [6.07, 6.45) is 5.18. The van der Waals surface area contributed by atoms with Gasteiger partial charge in [-0.15, -0.1) is 0 Å². The van der Waals surface area contributed by atoms with E-state index in [1.807, 2.05) is 0 Å². The normalized spacial score (nSPS) is 39.5. The third kappa shape index (κ3) is 0.480. The maximum absolute atomic E-state index is 11.1. The second-order valence-corrected chi connectivity index (χ2v) is 3.73. The number of nitrogens with zero attached hydrogens (tertiary/aromatic N) is 2. The van der Waals surface area contributed by atoms with Gasteiger partial charge in [-0.3, -0.25) is 4.57 Å². The summed E-state index contributed by atoms with van der Waals surface area (Å²) in [5.41, 5.74) is 0.137. The lowest BCUT2D eigenvalue weighted by Crippen LogP contribution is -2.61. The van der Waals surface area contributed by atoms with Crippen LogP contribution in [0.2, 0.25) is 0 Å². The predicted octanol–water partition coefficient (Wildman–Crippen LogP) is 0.0804. The highest BCUT2D eigenvalue weighted by Crippen LogP contribution is 2.61. The summed E-state index contributed by atoms with van der Waals surface area (Å²) in [6, 6.07) is 0. The smallest absolute Gasteiger partial charge is 0.275 e. The average molecular weight is 151 g/mol. The first-order valence-electron chi connectivity index (χ1n) is 3.93. The van der Waals surface area contributed by atoms with E-state index in [-0.39, 0.29) is 11.2 Å². The van der Waals surface area contributed by atoms with Gasteiger partial charge in [-0.05, 0) is 25.2 Å². The Kier molecular flexibility index (Phi) is 0.718. The SMILES string of the molecule is O=c1[nH]ncn1C12CC(C1)C2. The quantitative estimate of drug-likeness (QED) is 0.618. The van der Waals surface area contributed by atoms with E-state index in [1.54, 1.807) is 10.9 Å². The van der Waals surface area contributed by atoms with Gasteiger partial charge in [-0.2, -0.15) is 5.10 Å². The Morgan fingerprint density at radius 1 is 1.64 bits per heavy atom. The van der Waals surface area contributed by atoms with Crippen molar-refractivity contribution in [2.24, 2.45) is 5.92 Å². The monoisotopic (exact) mass is 151 g/mol. The molecule has 1 aromatic heterocycles. The van der Waals surface area contributed by atoms with Gasteiger partial charge in [0.05, 0.1) is 5.54 Å². The van der Waals surface area contributed by atoms with E-state index in [2.05, 4.69) is 10.2 Å². The summed E-state index contributed by atoms with van der Waals surface area (Å²) in [5.74, 6) is 0.900. The van der Waals surface area contributed by atoms with E-state index in [1.165, 1.54) is 19.3 Å². The Labute approximate surface area is 63.2 Å². The van der Waals surface area contributed by atoms with Crippen LogP contribution in [0, 0.1) is 5.92 Å². The molecule has 0 aromatic carbocycles. The Bertz CT molecular complexity index is 334. The Balaban J connectivity index is 2.11. The van der Waals surface area contributed by atoms with Crippen molar-refractivity contribution >= 4 is 0 Å². The number of H-pyrrole nitrogens is 1. The van der Waals surface area contributed by atoms with Gasteiger partial charge in [0.1, 0.15) is 6.33 Å². The van der Waals surface area contributed by atoms with Crippen molar-refractivity contribution in [2.75, 3.05) is 0 Å². The number of aromatic amines is 1. The van der Waals surface area contributed by atoms with Crippen LogP contribution in [0.1, 0.15) is 19.3 Å². The van der Waals surface area contributed by atoms with Crippen LogP contribution < -0.4 is 5.69 Å². The minimum atomic E-state index is -0.0526. The highest BCUT2D eigenvalue weighted by Gasteiger charge is 2.58. The van der Waals surface area contributed by atoms with E-state index < -0.39 is 0 Å². The molecule has 4 heteroatoms. The van der Waals surface area contributed by atoms with Crippen LogP contribution in [0.4, 0.5) is 0 Å². The molecule has 1 aromatic rings. The molecule has 3 aliphatic carbocycles. The van der Waals surface area contributed by atoms with Crippen LogP contribution in [0.15, 0.2) is 11.1 Å². The first-order valence-corrected chi connectivity index (χ1v) is 3.93. The molecule has 3 fully saturated rings. The molecule has 2 bridgehead atoms. The van der Waals surface area contributed by atoms with Gasteiger partial charge in [0.25, 0.3) is 0 Å². The van der Waals surface area contributed by atoms with Crippen LogP contribution in [-0.4, -0.2) is 14.8 Å². The van der Waals surface area contributed by atoms with Crippen LogP contribution in [0.25, 0.3) is 0 Å². The van der Waals surface area contributed by atoms with Crippen molar-refractivity contribution in [2.45, 2.75) is 24.8 Å². The third-order valence-corrected chi connectivity index (χ3v) is 3.07. The van der Waals surface area contributed by atoms with Crippen molar-refractivity contribution < 1.29 is 0 Å². The van der Waals surface area contributed by atoms with Crippen LogP contribution in [0.5, 0.6) is 0 Å². The molecule has 1 heterocycles. The van der Waals surface area contributed by atoms with Crippen molar-refractivity contribution in [3.63, 3.8) is 0 Å². The zero-order valence-corrected chi connectivity index (χ0v) is 6.08. The molecule has 0 spiro atoms. The van der Waals surface area contributed by atoms with Crippen molar-refractivity contribution in [3.8, 4) is 0 Å². The van der Waals surface area contributed by atoms with Gasteiger partial charge in [0, 0.05) is 0 Å². The molecule has 3 aliphatic rings. The first-order chi connectivity index (χ1) is 5.30. The Morgan fingerprint density at radius 3 is 2.73 bits per heavy atom. The second kappa shape index (κ2) is 1.42. The van der Waals surface area contributed by atoms with Crippen molar-refractivity contribution in [1.29, 1.82) is 0 Å². The minimum Gasteiger partial charge on any atom is -0.275 e. The van der Waals surface area contributed by atoms with E-state index >= 15 is 0 Å². The number of aromatic nitrogens is 3. The number of nitrogens with one attached hydrogen (secondary N) is 1. The molecule has 4 nitrogen and oxygen atoms in total. The lowest BCUT2D eigenvalue weighted by molar-refractivity contribution is -0.0913. The largest absolute Gasteiger partial charge is 0.343 e. The van der Waals surface area contributed by atoms with Crippen LogP contribution in [-0.2, 0) is 5.54 Å². The molecular weight excluding hydrogens is 142 g/mol. The lowest BCUT2D eigenvalue weighted by atomic mass is 9.50. The summed E-state index contributed by atoms with van der Waals surface area (Å²) in [5, 5.41) is 6.14. The highest BCUT2D eigenvalue weighted by molar-refractivity contribution is 5.11. The van der Waals surface area contributed by atoms with E-state index in [9.17, 15) is 4.79 Å². The molecular formula is C7H9N3O. The van der Waals surface area contributed by atoms with Crippen LogP contribution >= 0.6 is 0 Å². The molecule has 0 unspecified atom stereocenters. The predicted molar refractivity (Wildman–Crippen MR) is 38.2 cm³/mol. The molecule has 3 saturated carbocycles. The molecule has 1 N–H and O–H groups in total. The highest BCUT2D eigenvalue weighted by atomic mass is 16.1. The third-order valence-electron chi connectivity index (χ3n) is 3.07. The fourth-order valence-electron chi connectivity index (χ4n) is 2.31. The van der Waals surface area contributed by atoms with Gasteiger partial charge in [0.15, 0.2) is 0 Å². The minimum absolute atomic E-state index is 0.0526. The fourth-order valence-corrected chi connectivity index (χ4v) is 2.31. The van der Waals surface area contributed by atoms with E-state index in [0.29, 0.717) is 0 Å². The van der Waals surface area contributed by atoms with Gasteiger partial charge in [-0.25, -0.2) is 9.89 Å². The lowest BCUT2D eigenvalue weighted by Gasteiger charge is -2.61. The Morgan fingerprint density at radius 2 is 2.36 bits per heavy atom. The standard InChI is InChI=1S/C7H9N3O/c11-6-9-8-4-10(6)7-1-5(2-7)3-7/h4-5H,1-3H2,(H,9,11). The molecule has 0 aliphatic heterocycles. The average Bonchev–Trinajstić information content (AvgIpc) is 2.08. The van der Waals surface area contributed by atoms with Crippen molar-refractivity contribution in [1.82, 2.24) is 14.8 Å². The van der Waals surface area contributed by atoms with Gasteiger partial charge in [0.2, 0.25) is 0 Å². The molecule has 11 heavy (non-hydrogen) atoms. The number of rotatable bonds is 1. The van der Waals surface area contributed by atoms with Gasteiger partial charge in [-0.1, -0.05) is 0 Å².